The number of benzene rings is 1. The predicted molar refractivity (Wildman–Crippen MR) is 117 cm³/mol. The molecule has 2 rings (SSSR count). The summed E-state index contributed by atoms with van der Waals surface area (Å²) in [5, 5.41) is 21.4. The predicted octanol–water partition coefficient (Wildman–Crippen LogP) is 2.81. The van der Waals surface area contributed by atoms with Crippen molar-refractivity contribution in [1.29, 1.82) is 0 Å². The van der Waals surface area contributed by atoms with E-state index in [1.165, 1.54) is 0 Å². The maximum atomic E-state index is 10.8. The number of aromatic nitrogens is 2. The van der Waals surface area contributed by atoms with Crippen molar-refractivity contribution >= 4 is 5.96 Å². The largest absolute Gasteiger partial charge is 0.493 e. The molecule has 0 amide bonds. The molecule has 0 saturated heterocycles. The third kappa shape index (κ3) is 7.42. The van der Waals surface area contributed by atoms with E-state index in [9.17, 15) is 5.11 Å². The fourth-order valence-corrected chi connectivity index (χ4v) is 2.74. The number of nitrogens with one attached hydrogen (secondary N) is 2. The lowest BCUT2D eigenvalue weighted by atomic mass is 10.00. The first kappa shape index (κ1) is 22.7. The number of aryl methyl sites for hydroxylation is 1. The number of ether oxygens (including phenoxy) is 1. The summed E-state index contributed by atoms with van der Waals surface area (Å²) in [6, 6.07) is 7.99. The molecule has 1 aromatic heterocycles. The number of hydrogen-bond donors (Lipinski definition) is 3. The minimum atomic E-state index is -1.05. The molecule has 7 heteroatoms. The van der Waals surface area contributed by atoms with Crippen LogP contribution in [-0.2, 0) is 19.2 Å². The monoisotopic (exact) mass is 401 g/mol. The Labute approximate surface area is 174 Å². The Morgan fingerprint density at radius 1 is 1.31 bits per heavy atom. The van der Waals surface area contributed by atoms with Crippen molar-refractivity contribution in [3.63, 3.8) is 0 Å². The summed E-state index contributed by atoms with van der Waals surface area (Å²) in [6.07, 6.45) is 4.51. The first-order valence-corrected chi connectivity index (χ1v) is 10.3. The van der Waals surface area contributed by atoms with Gasteiger partial charge in [0.25, 0.3) is 0 Å². The molecule has 0 spiro atoms. The number of aliphatic hydroxyl groups is 1. The molecule has 7 nitrogen and oxygen atoms in total. The van der Waals surface area contributed by atoms with E-state index < -0.39 is 5.60 Å². The lowest BCUT2D eigenvalue weighted by Crippen LogP contribution is -2.44. The van der Waals surface area contributed by atoms with E-state index in [2.05, 4.69) is 34.6 Å². The van der Waals surface area contributed by atoms with Crippen LogP contribution >= 0.6 is 0 Å². The molecular weight excluding hydrogens is 366 g/mol. The normalized spacial score (nSPS) is 14.0. The molecule has 0 fully saturated rings. The van der Waals surface area contributed by atoms with Crippen molar-refractivity contribution in [2.75, 3.05) is 19.7 Å². The molecule has 1 heterocycles. The van der Waals surface area contributed by atoms with Gasteiger partial charge in [-0.25, -0.2) is 4.99 Å². The van der Waals surface area contributed by atoms with Crippen molar-refractivity contribution < 1.29 is 9.84 Å². The minimum Gasteiger partial charge on any atom is -0.493 e. The Balaban J connectivity index is 2.02. The second-order valence-corrected chi connectivity index (χ2v) is 7.86. The number of guanidine groups is 1. The summed E-state index contributed by atoms with van der Waals surface area (Å²) in [7, 11) is 1.83. The topological polar surface area (TPSA) is 83.7 Å². The number of hydrogen-bond acceptors (Lipinski definition) is 4. The molecule has 1 atom stereocenters. The van der Waals surface area contributed by atoms with Crippen LogP contribution in [0.2, 0.25) is 0 Å². The first-order valence-electron chi connectivity index (χ1n) is 10.3. The van der Waals surface area contributed by atoms with Gasteiger partial charge in [0.15, 0.2) is 5.96 Å². The van der Waals surface area contributed by atoms with Gasteiger partial charge in [-0.15, -0.1) is 0 Å². The highest BCUT2D eigenvalue weighted by molar-refractivity contribution is 5.79. The Morgan fingerprint density at radius 2 is 2.07 bits per heavy atom. The third-order valence-corrected chi connectivity index (χ3v) is 4.60. The van der Waals surface area contributed by atoms with Gasteiger partial charge in [0.2, 0.25) is 0 Å². The van der Waals surface area contributed by atoms with Gasteiger partial charge in [0, 0.05) is 30.9 Å². The van der Waals surface area contributed by atoms with Gasteiger partial charge in [-0.05, 0) is 32.3 Å². The van der Waals surface area contributed by atoms with Crippen molar-refractivity contribution in [3.05, 3.63) is 47.8 Å². The molecule has 1 unspecified atom stereocenters. The molecule has 160 valence electrons. The Kier molecular flexibility index (Phi) is 8.51. The third-order valence-electron chi connectivity index (χ3n) is 4.60. The van der Waals surface area contributed by atoms with E-state index in [0.717, 1.165) is 29.8 Å². The highest BCUT2D eigenvalue weighted by atomic mass is 16.5. The number of aliphatic imine (C=N–C) groups is 1. The van der Waals surface area contributed by atoms with E-state index in [1.54, 1.807) is 17.8 Å². The highest BCUT2D eigenvalue weighted by Crippen LogP contribution is 2.20. The van der Waals surface area contributed by atoms with E-state index in [1.807, 2.05) is 44.4 Å². The average Bonchev–Trinajstić information content (AvgIpc) is 3.12. The van der Waals surface area contributed by atoms with Crippen LogP contribution in [0.5, 0.6) is 5.75 Å². The van der Waals surface area contributed by atoms with Crippen LogP contribution in [0.1, 0.15) is 45.2 Å². The maximum Gasteiger partial charge on any atom is 0.191 e. The Bertz CT molecular complexity index is 783. The smallest absolute Gasteiger partial charge is 0.191 e. The fraction of sp³-hybridized carbons (Fsp3) is 0.545. The summed E-state index contributed by atoms with van der Waals surface area (Å²) in [5.41, 5.74) is 0.738. The van der Waals surface area contributed by atoms with E-state index in [4.69, 9.17) is 4.74 Å². The summed E-state index contributed by atoms with van der Waals surface area (Å²) >= 11 is 0. The quantitative estimate of drug-likeness (QED) is 0.421. The van der Waals surface area contributed by atoms with Crippen LogP contribution in [0.4, 0.5) is 0 Å². The van der Waals surface area contributed by atoms with Crippen LogP contribution in [0.25, 0.3) is 0 Å². The SMILES string of the molecule is CCNC(=NCc1ccccc1OCCC(C)C)NCC(C)(O)c1cnn(C)c1. The zero-order valence-corrected chi connectivity index (χ0v) is 18.3. The lowest BCUT2D eigenvalue weighted by molar-refractivity contribution is 0.0616. The summed E-state index contributed by atoms with van der Waals surface area (Å²) in [6.45, 7) is 10.4. The van der Waals surface area contributed by atoms with Crippen molar-refractivity contribution in [2.24, 2.45) is 18.0 Å². The molecule has 0 radical (unpaired) electrons. The number of para-hydroxylation sites is 1. The molecule has 3 N–H and O–H groups in total. The second-order valence-electron chi connectivity index (χ2n) is 7.86. The van der Waals surface area contributed by atoms with E-state index in [-0.39, 0.29) is 0 Å². The van der Waals surface area contributed by atoms with Crippen molar-refractivity contribution in [2.45, 2.75) is 46.3 Å². The summed E-state index contributed by atoms with van der Waals surface area (Å²) in [5.74, 6) is 2.13. The van der Waals surface area contributed by atoms with E-state index >= 15 is 0 Å². The van der Waals surface area contributed by atoms with Crippen LogP contribution in [0.15, 0.2) is 41.7 Å². The van der Waals surface area contributed by atoms with Crippen LogP contribution < -0.4 is 15.4 Å². The van der Waals surface area contributed by atoms with Crippen LogP contribution in [-0.4, -0.2) is 40.5 Å². The summed E-state index contributed by atoms with van der Waals surface area (Å²) < 4.78 is 7.64. The van der Waals surface area contributed by atoms with Gasteiger partial charge < -0.3 is 20.5 Å². The molecule has 29 heavy (non-hydrogen) atoms. The van der Waals surface area contributed by atoms with Gasteiger partial charge in [-0.2, -0.15) is 5.10 Å². The molecule has 1 aromatic carbocycles. The number of nitrogens with zero attached hydrogens (tertiary/aromatic N) is 3. The van der Waals surface area contributed by atoms with Crippen molar-refractivity contribution in [1.82, 2.24) is 20.4 Å². The van der Waals surface area contributed by atoms with Gasteiger partial charge >= 0.3 is 0 Å². The highest BCUT2D eigenvalue weighted by Gasteiger charge is 2.25. The zero-order chi connectivity index (χ0) is 21.3. The second kappa shape index (κ2) is 10.9. The van der Waals surface area contributed by atoms with Gasteiger partial charge in [-0.3, -0.25) is 4.68 Å². The van der Waals surface area contributed by atoms with Crippen molar-refractivity contribution in [3.8, 4) is 5.75 Å². The van der Waals surface area contributed by atoms with Crippen LogP contribution in [0, 0.1) is 5.92 Å². The Hall–Kier alpha value is -2.54. The van der Waals surface area contributed by atoms with Gasteiger partial charge in [0.05, 0.1) is 25.9 Å². The summed E-state index contributed by atoms with van der Waals surface area (Å²) in [4.78, 5) is 4.67. The molecule has 2 aromatic rings. The molecular formula is C22H35N5O2. The van der Waals surface area contributed by atoms with Gasteiger partial charge in [0.1, 0.15) is 11.4 Å². The zero-order valence-electron chi connectivity index (χ0n) is 18.3. The first-order chi connectivity index (χ1) is 13.8. The lowest BCUT2D eigenvalue weighted by Gasteiger charge is -2.23. The van der Waals surface area contributed by atoms with Crippen LogP contribution in [0.3, 0.4) is 0 Å². The molecule has 0 bridgehead atoms. The molecule has 0 aliphatic carbocycles. The van der Waals surface area contributed by atoms with E-state index in [0.29, 0.717) is 31.6 Å². The molecule has 0 saturated carbocycles. The minimum absolute atomic E-state index is 0.317. The van der Waals surface area contributed by atoms with Gasteiger partial charge in [-0.1, -0.05) is 32.0 Å². The standard InChI is InChI=1S/C22H35N5O2/c1-6-23-21(25-16-22(4,28)19-14-26-27(5)15-19)24-13-18-9-7-8-10-20(18)29-12-11-17(2)3/h7-10,14-15,17,28H,6,11-13,16H2,1-5H3,(H2,23,24,25). The fourth-order valence-electron chi connectivity index (χ4n) is 2.74. The maximum absolute atomic E-state index is 10.8. The average molecular weight is 402 g/mol. The number of rotatable bonds is 10. The molecule has 0 aliphatic rings. The molecule has 0 aliphatic heterocycles. The Morgan fingerprint density at radius 3 is 2.72 bits per heavy atom.